The number of nitrogens with one attached hydrogen (secondary N) is 1. The van der Waals surface area contributed by atoms with Crippen LogP contribution in [-0.4, -0.2) is 39.0 Å². The number of aromatic amines is 1. The summed E-state index contributed by atoms with van der Waals surface area (Å²) < 4.78 is 26.0. The van der Waals surface area contributed by atoms with E-state index in [2.05, 4.69) is 10.2 Å². The Morgan fingerprint density at radius 2 is 2.37 bits per heavy atom. The molecule has 2 heterocycles. The first-order valence-corrected chi connectivity index (χ1v) is 5.74. The van der Waals surface area contributed by atoms with Gasteiger partial charge < -0.3 is 9.47 Å². The monoisotopic (exact) mass is 268 g/mol. The number of carbonyl (C=O) groups excluding carboxylic acids is 1. The molecule has 0 aliphatic rings. The van der Waals surface area contributed by atoms with Gasteiger partial charge in [0.1, 0.15) is 5.69 Å². The summed E-state index contributed by atoms with van der Waals surface area (Å²) >= 11 is 0. The number of hydrogen-bond donors (Lipinski definition) is 1. The molecule has 0 aromatic carbocycles. The summed E-state index contributed by atoms with van der Waals surface area (Å²) in [6.07, 6.45) is 2.29. The van der Waals surface area contributed by atoms with Crippen molar-refractivity contribution in [3.05, 3.63) is 42.0 Å². The molecule has 0 unspecified atom stereocenters. The summed E-state index contributed by atoms with van der Waals surface area (Å²) in [4.78, 5) is 13.6. The highest BCUT2D eigenvalue weighted by atomic mass is 19.3. The normalized spacial score (nSPS) is 10.9. The van der Waals surface area contributed by atoms with Crippen LogP contribution in [0.15, 0.2) is 30.7 Å². The number of amides is 1. The third kappa shape index (κ3) is 3.18. The molecule has 7 heteroatoms. The van der Waals surface area contributed by atoms with Crippen LogP contribution in [0.1, 0.15) is 16.1 Å². The van der Waals surface area contributed by atoms with Crippen LogP contribution in [0.3, 0.4) is 0 Å². The smallest absolute Gasteiger partial charge is 0.270 e. The first-order valence-electron chi connectivity index (χ1n) is 5.74. The van der Waals surface area contributed by atoms with Crippen molar-refractivity contribution < 1.29 is 13.6 Å². The number of halogens is 2. The molecule has 0 aliphatic heterocycles. The first-order chi connectivity index (χ1) is 9.08. The zero-order valence-corrected chi connectivity index (χ0v) is 10.4. The van der Waals surface area contributed by atoms with Crippen molar-refractivity contribution in [2.24, 2.45) is 0 Å². The second-order valence-corrected chi connectivity index (χ2v) is 4.20. The summed E-state index contributed by atoms with van der Waals surface area (Å²) in [6, 6.07) is 3.12. The maximum absolute atomic E-state index is 12.4. The molecule has 0 aliphatic carbocycles. The standard InChI is InChI=1S/C12H14F2N4O/c1-17(7-9-5-15-16-6-9)12(19)10-3-2-4-18(10)8-11(13)14/h2-6,11H,7-8H2,1H3,(H,15,16). The molecule has 0 spiro atoms. The van der Waals surface area contributed by atoms with Crippen LogP contribution in [0, 0.1) is 0 Å². The molecule has 5 nitrogen and oxygen atoms in total. The Hall–Kier alpha value is -2.18. The molecule has 2 aromatic heterocycles. The summed E-state index contributed by atoms with van der Waals surface area (Å²) in [7, 11) is 1.62. The maximum atomic E-state index is 12.4. The number of alkyl halides is 2. The highest BCUT2D eigenvalue weighted by Crippen LogP contribution is 2.10. The molecule has 0 atom stereocenters. The van der Waals surface area contributed by atoms with Gasteiger partial charge in [0.25, 0.3) is 12.3 Å². The van der Waals surface area contributed by atoms with E-state index in [-0.39, 0.29) is 11.6 Å². The van der Waals surface area contributed by atoms with Crippen LogP contribution in [-0.2, 0) is 13.1 Å². The molecule has 0 saturated carbocycles. The van der Waals surface area contributed by atoms with Crippen molar-refractivity contribution in [3.8, 4) is 0 Å². The number of rotatable bonds is 5. The highest BCUT2D eigenvalue weighted by Gasteiger charge is 2.17. The second kappa shape index (κ2) is 5.64. The summed E-state index contributed by atoms with van der Waals surface area (Å²) in [5, 5.41) is 6.44. The fraction of sp³-hybridized carbons (Fsp3) is 0.333. The van der Waals surface area contributed by atoms with Crippen LogP contribution in [0.2, 0.25) is 0 Å². The van der Waals surface area contributed by atoms with Gasteiger partial charge in [0.05, 0.1) is 12.7 Å². The van der Waals surface area contributed by atoms with E-state index in [1.54, 1.807) is 25.5 Å². The van der Waals surface area contributed by atoms with E-state index in [0.29, 0.717) is 6.54 Å². The van der Waals surface area contributed by atoms with Crippen molar-refractivity contribution in [2.45, 2.75) is 19.5 Å². The Morgan fingerprint density at radius 1 is 1.58 bits per heavy atom. The summed E-state index contributed by atoms with van der Waals surface area (Å²) in [5.41, 5.74) is 1.11. The van der Waals surface area contributed by atoms with Crippen LogP contribution >= 0.6 is 0 Å². The molecule has 2 rings (SSSR count). The lowest BCUT2D eigenvalue weighted by molar-refractivity contribution is 0.0764. The van der Waals surface area contributed by atoms with Gasteiger partial charge in [-0.25, -0.2) is 8.78 Å². The lowest BCUT2D eigenvalue weighted by Crippen LogP contribution is -2.28. The van der Waals surface area contributed by atoms with E-state index in [1.807, 2.05) is 0 Å². The Labute approximate surface area is 108 Å². The highest BCUT2D eigenvalue weighted by molar-refractivity contribution is 5.92. The lowest BCUT2D eigenvalue weighted by Gasteiger charge is -2.17. The minimum absolute atomic E-state index is 0.256. The number of aromatic nitrogens is 3. The Bertz CT molecular complexity index is 536. The lowest BCUT2D eigenvalue weighted by atomic mass is 10.3. The summed E-state index contributed by atoms with van der Waals surface area (Å²) in [6.45, 7) is -0.108. The molecule has 102 valence electrons. The van der Waals surface area contributed by atoms with Gasteiger partial charge in [-0.15, -0.1) is 0 Å². The molecular weight excluding hydrogens is 254 g/mol. The second-order valence-electron chi connectivity index (χ2n) is 4.20. The molecule has 1 amide bonds. The van der Waals surface area contributed by atoms with Crippen LogP contribution in [0.25, 0.3) is 0 Å². The third-order valence-electron chi connectivity index (χ3n) is 2.70. The minimum Gasteiger partial charge on any atom is -0.338 e. The number of H-pyrrole nitrogens is 1. The Kier molecular flexibility index (Phi) is 3.94. The topological polar surface area (TPSA) is 53.9 Å². The average molecular weight is 268 g/mol. The van der Waals surface area contributed by atoms with Crippen molar-refractivity contribution in [2.75, 3.05) is 7.05 Å². The van der Waals surface area contributed by atoms with Gasteiger partial charge in [0.2, 0.25) is 0 Å². The van der Waals surface area contributed by atoms with E-state index in [1.165, 1.54) is 21.7 Å². The Balaban J connectivity index is 2.08. The van der Waals surface area contributed by atoms with Crippen molar-refractivity contribution in [3.63, 3.8) is 0 Å². The van der Waals surface area contributed by atoms with Gasteiger partial charge in [-0.3, -0.25) is 9.89 Å². The number of nitrogens with zero attached hydrogens (tertiary/aromatic N) is 3. The predicted octanol–water partition coefficient (Wildman–Crippen LogP) is 1.75. The molecule has 2 aromatic rings. The molecular formula is C12H14F2N4O. The zero-order valence-electron chi connectivity index (χ0n) is 10.4. The van der Waals surface area contributed by atoms with Gasteiger partial charge in [-0.1, -0.05) is 0 Å². The van der Waals surface area contributed by atoms with Gasteiger partial charge in [-0.2, -0.15) is 5.10 Å². The van der Waals surface area contributed by atoms with Crippen molar-refractivity contribution in [1.82, 2.24) is 19.7 Å². The van der Waals surface area contributed by atoms with Gasteiger partial charge in [0.15, 0.2) is 0 Å². The van der Waals surface area contributed by atoms with Crippen molar-refractivity contribution >= 4 is 5.91 Å². The van der Waals surface area contributed by atoms with Gasteiger partial charge >= 0.3 is 0 Å². The molecule has 1 N–H and O–H groups in total. The predicted molar refractivity (Wildman–Crippen MR) is 64.8 cm³/mol. The van der Waals surface area contributed by atoms with Crippen LogP contribution in [0.5, 0.6) is 0 Å². The summed E-state index contributed by atoms with van der Waals surface area (Å²) in [5.74, 6) is -0.299. The Morgan fingerprint density at radius 3 is 3.00 bits per heavy atom. The average Bonchev–Trinajstić information content (AvgIpc) is 2.98. The maximum Gasteiger partial charge on any atom is 0.270 e. The van der Waals surface area contributed by atoms with E-state index in [4.69, 9.17) is 0 Å². The van der Waals surface area contributed by atoms with E-state index in [0.717, 1.165) is 5.56 Å². The third-order valence-corrected chi connectivity index (χ3v) is 2.70. The van der Waals surface area contributed by atoms with Crippen molar-refractivity contribution in [1.29, 1.82) is 0 Å². The van der Waals surface area contributed by atoms with E-state index >= 15 is 0 Å². The fourth-order valence-corrected chi connectivity index (χ4v) is 1.82. The number of carbonyl (C=O) groups is 1. The molecule has 0 saturated heterocycles. The molecule has 19 heavy (non-hydrogen) atoms. The molecule has 0 radical (unpaired) electrons. The van der Waals surface area contributed by atoms with Crippen LogP contribution in [0.4, 0.5) is 8.78 Å². The van der Waals surface area contributed by atoms with E-state index < -0.39 is 13.0 Å². The first kappa shape index (κ1) is 13.3. The van der Waals surface area contributed by atoms with E-state index in [9.17, 15) is 13.6 Å². The number of hydrogen-bond acceptors (Lipinski definition) is 2. The largest absolute Gasteiger partial charge is 0.338 e. The fourth-order valence-electron chi connectivity index (χ4n) is 1.82. The minimum atomic E-state index is -2.49. The van der Waals surface area contributed by atoms with Gasteiger partial charge in [0, 0.05) is 31.5 Å². The van der Waals surface area contributed by atoms with Gasteiger partial charge in [-0.05, 0) is 12.1 Å². The molecule has 0 fully saturated rings. The quantitative estimate of drug-likeness (QED) is 0.898. The van der Waals surface area contributed by atoms with Crippen LogP contribution < -0.4 is 0 Å². The zero-order chi connectivity index (χ0) is 13.8. The molecule has 0 bridgehead atoms. The SMILES string of the molecule is CN(Cc1cn[nH]c1)C(=O)c1cccn1CC(F)F.